The lowest BCUT2D eigenvalue weighted by molar-refractivity contribution is 0.434. The van der Waals surface area contributed by atoms with Crippen LogP contribution in [0.3, 0.4) is 0 Å². The van der Waals surface area contributed by atoms with E-state index in [1.807, 2.05) is 34.6 Å². The van der Waals surface area contributed by atoms with Crippen molar-refractivity contribution in [3.63, 3.8) is 0 Å². The first-order chi connectivity index (χ1) is 7.90. The molecule has 0 bridgehead atoms. The first-order valence-corrected chi connectivity index (χ1v) is 6.14. The predicted octanol–water partition coefficient (Wildman–Crippen LogP) is 1.52. The van der Waals surface area contributed by atoms with Crippen LogP contribution in [0.2, 0.25) is 0 Å². The molecule has 0 saturated carbocycles. The molecule has 1 aromatic rings. The summed E-state index contributed by atoms with van der Waals surface area (Å²) in [6, 6.07) is -0.148. The van der Waals surface area contributed by atoms with Gasteiger partial charge in [-0.2, -0.15) is 4.98 Å². The number of hydrogen-bond donors (Lipinski definition) is 0. The Kier molecular flexibility index (Phi) is 4.26. The van der Waals surface area contributed by atoms with Gasteiger partial charge in [0.15, 0.2) is 0 Å². The molecule has 0 aliphatic heterocycles. The van der Waals surface area contributed by atoms with E-state index in [4.69, 9.17) is 0 Å². The van der Waals surface area contributed by atoms with Gasteiger partial charge in [-0.25, -0.2) is 14.2 Å². The highest BCUT2D eigenvalue weighted by molar-refractivity contribution is 4.92. The maximum atomic E-state index is 12.3. The third-order valence-corrected chi connectivity index (χ3v) is 2.63. The minimum Gasteiger partial charge on any atom is -0.279 e. The molecule has 0 spiro atoms. The van der Waals surface area contributed by atoms with E-state index in [9.17, 15) is 9.59 Å². The summed E-state index contributed by atoms with van der Waals surface area (Å²) in [6.45, 7) is 9.49. The van der Waals surface area contributed by atoms with Gasteiger partial charge in [-0.1, -0.05) is 6.92 Å². The molecule has 1 heterocycles. The third-order valence-electron chi connectivity index (χ3n) is 2.63. The summed E-state index contributed by atoms with van der Waals surface area (Å²) in [4.78, 5) is 28.1. The number of hydrogen-bond acceptors (Lipinski definition) is 3. The molecule has 0 unspecified atom stereocenters. The smallest absolute Gasteiger partial charge is 0.279 e. The van der Waals surface area contributed by atoms with E-state index in [-0.39, 0.29) is 17.8 Å². The lowest BCUT2D eigenvalue weighted by atomic mass is 10.3. The van der Waals surface area contributed by atoms with Gasteiger partial charge in [0.25, 0.3) is 0 Å². The number of nitrogens with zero attached hydrogens (tertiary/aromatic N) is 3. The summed E-state index contributed by atoms with van der Waals surface area (Å²) in [5.41, 5.74) is -0.691. The van der Waals surface area contributed by atoms with Crippen molar-refractivity contribution < 1.29 is 0 Å². The SMILES string of the molecule is CCCc1nc(=O)n(C(C)C)c(=O)n1C(C)C. The lowest BCUT2D eigenvalue weighted by Gasteiger charge is -2.18. The minimum absolute atomic E-state index is 0.0159. The molecule has 1 aromatic heterocycles. The van der Waals surface area contributed by atoms with Gasteiger partial charge in [0.2, 0.25) is 0 Å². The van der Waals surface area contributed by atoms with Crippen LogP contribution in [-0.4, -0.2) is 14.1 Å². The fourth-order valence-corrected chi connectivity index (χ4v) is 1.89. The highest BCUT2D eigenvalue weighted by atomic mass is 16.2. The topological polar surface area (TPSA) is 56.9 Å². The second-order valence-electron chi connectivity index (χ2n) is 4.77. The van der Waals surface area contributed by atoms with Crippen LogP contribution >= 0.6 is 0 Å². The molecule has 0 saturated heterocycles. The van der Waals surface area contributed by atoms with Crippen LogP contribution in [0.15, 0.2) is 9.59 Å². The fourth-order valence-electron chi connectivity index (χ4n) is 1.89. The highest BCUT2D eigenvalue weighted by Gasteiger charge is 2.16. The number of rotatable bonds is 4. The van der Waals surface area contributed by atoms with Gasteiger partial charge in [-0.05, 0) is 34.1 Å². The molecule has 0 radical (unpaired) electrons. The van der Waals surface area contributed by atoms with Crippen LogP contribution in [0.1, 0.15) is 58.9 Å². The molecule has 96 valence electrons. The van der Waals surface area contributed by atoms with Gasteiger partial charge < -0.3 is 0 Å². The van der Waals surface area contributed by atoms with Crippen LogP contribution in [0.25, 0.3) is 0 Å². The maximum Gasteiger partial charge on any atom is 0.353 e. The zero-order valence-electron chi connectivity index (χ0n) is 11.2. The van der Waals surface area contributed by atoms with Crippen molar-refractivity contribution in [1.82, 2.24) is 14.1 Å². The van der Waals surface area contributed by atoms with Crippen molar-refractivity contribution in [3.8, 4) is 0 Å². The highest BCUT2D eigenvalue weighted by Crippen LogP contribution is 2.05. The van der Waals surface area contributed by atoms with E-state index in [1.54, 1.807) is 4.57 Å². The van der Waals surface area contributed by atoms with Crippen molar-refractivity contribution in [2.45, 2.75) is 59.5 Å². The van der Waals surface area contributed by atoms with Gasteiger partial charge >= 0.3 is 11.4 Å². The van der Waals surface area contributed by atoms with E-state index in [0.29, 0.717) is 12.2 Å². The molecule has 0 N–H and O–H groups in total. The van der Waals surface area contributed by atoms with Crippen molar-refractivity contribution >= 4 is 0 Å². The molecule has 0 amide bonds. The Morgan fingerprint density at radius 3 is 2.00 bits per heavy atom. The zero-order valence-corrected chi connectivity index (χ0v) is 11.2. The number of aryl methyl sites for hydroxylation is 1. The standard InChI is InChI=1S/C12H21N3O2/c1-6-7-10-13-11(16)15(9(4)5)12(17)14(10)8(2)3/h8-9H,6-7H2,1-5H3. The van der Waals surface area contributed by atoms with Gasteiger partial charge in [-0.3, -0.25) is 4.57 Å². The van der Waals surface area contributed by atoms with Crippen molar-refractivity contribution in [1.29, 1.82) is 0 Å². The molecule has 0 aliphatic rings. The summed E-state index contributed by atoms with van der Waals surface area (Å²) in [6.07, 6.45) is 1.52. The summed E-state index contributed by atoms with van der Waals surface area (Å²) >= 11 is 0. The first kappa shape index (κ1) is 13.7. The van der Waals surface area contributed by atoms with Crippen molar-refractivity contribution in [3.05, 3.63) is 26.8 Å². The molecular weight excluding hydrogens is 218 g/mol. The average molecular weight is 239 g/mol. The minimum atomic E-state index is -0.439. The summed E-state index contributed by atoms with van der Waals surface area (Å²) < 4.78 is 2.82. The van der Waals surface area contributed by atoms with Crippen LogP contribution in [0, 0.1) is 0 Å². The van der Waals surface area contributed by atoms with Crippen LogP contribution in [0.5, 0.6) is 0 Å². The van der Waals surface area contributed by atoms with E-state index in [2.05, 4.69) is 4.98 Å². The Balaban J connectivity index is 3.59. The van der Waals surface area contributed by atoms with Crippen molar-refractivity contribution in [2.75, 3.05) is 0 Å². The number of aromatic nitrogens is 3. The van der Waals surface area contributed by atoms with Crippen LogP contribution < -0.4 is 11.4 Å². The molecule has 5 heteroatoms. The van der Waals surface area contributed by atoms with Crippen LogP contribution in [0.4, 0.5) is 0 Å². The molecule has 5 nitrogen and oxygen atoms in total. The lowest BCUT2D eigenvalue weighted by Crippen LogP contribution is -2.44. The monoisotopic (exact) mass is 239 g/mol. The second-order valence-corrected chi connectivity index (χ2v) is 4.77. The van der Waals surface area contributed by atoms with Gasteiger partial charge in [0.1, 0.15) is 5.82 Å². The Morgan fingerprint density at radius 1 is 1.06 bits per heavy atom. The van der Waals surface area contributed by atoms with E-state index in [1.165, 1.54) is 4.57 Å². The zero-order chi connectivity index (χ0) is 13.2. The van der Waals surface area contributed by atoms with E-state index in [0.717, 1.165) is 6.42 Å². The van der Waals surface area contributed by atoms with Crippen molar-refractivity contribution in [2.24, 2.45) is 0 Å². The Morgan fingerprint density at radius 2 is 1.59 bits per heavy atom. The van der Waals surface area contributed by atoms with E-state index < -0.39 is 5.69 Å². The normalized spacial score (nSPS) is 11.5. The molecule has 17 heavy (non-hydrogen) atoms. The molecule has 0 aliphatic carbocycles. The quantitative estimate of drug-likeness (QED) is 0.800. The summed E-state index contributed by atoms with van der Waals surface area (Å²) in [7, 11) is 0. The summed E-state index contributed by atoms with van der Waals surface area (Å²) in [5, 5.41) is 0. The second kappa shape index (κ2) is 5.29. The predicted molar refractivity (Wildman–Crippen MR) is 67.5 cm³/mol. The Bertz CT molecular complexity index is 497. The maximum absolute atomic E-state index is 12.3. The van der Waals surface area contributed by atoms with Gasteiger partial charge in [0.05, 0.1) is 0 Å². The molecular formula is C12H21N3O2. The Hall–Kier alpha value is -1.39. The van der Waals surface area contributed by atoms with Gasteiger partial charge in [0, 0.05) is 18.5 Å². The van der Waals surface area contributed by atoms with Crippen LogP contribution in [-0.2, 0) is 6.42 Å². The average Bonchev–Trinajstić information content (AvgIpc) is 2.15. The summed E-state index contributed by atoms with van der Waals surface area (Å²) in [5.74, 6) is 0.592. The van der Waals surface area contributed by atoms with Gasteiger partial charge in [-0.15, -0.1) is 0 Å². The Labute approximate surface area is 101 Å². The molecule has 0 aromatic carbocycles. The van der Waals surface area contributed by atoms with E-state index >= 15 is 0 Å². The largest absolute Gasteiger partial charge is 0.353 e. The third kappa shape index (κ3) is 2.65. The molecule has 0 atom stereocenters. The first-order valence-electron chi connectivity index (χ1n) is 6.14. The molecule has 0 fully saturated rings. The molecule has 1 rings (SSSR count). The fraction of sp³-hybridized carbons (Fsp3) is 0.750.